The normalized spacial score (nSPS) is 10.6. The Balaban J connectivity index is 1.84. The van der Waals surface area contributed by atoms with Crippen molar-refractivity contribution in [1.82, 2.24) is 30.0 Å². The number of hydrogen-bond acceptors (Lipinski definition) is 5. The molecule has 0 fully saturated rings. The first-order valence-electron chi connectivity index (χ1n) is 6.29. The predicted molar refractivity (Wildman–Crippen MR) is 75.1 cm³/mol. The first-order valence-corrected chi connectivity index (χ1v) is 6.29. The second kappa shape index (κ2) is 5.16. The van der Waals surface area contributed by atoms with Crippen LogP contribution in [-0.4, -0.2) is 35.9 Å². The SMILES string of the molecule is Cc1cc(C(=O)Nc2cccc(-n3cnnn3)c2)n(C)n1. The van der Waals surface area contributed by atoms with Gasteiger partial charge in [-0.2, -0.15) is 5.10 Å². The molecule has 0 saturated carbocycles. The Kier molecular flexibility index (Phi) is 3.19. The molecule has 8 nitrogen and oxygen atoms in total. The molecule has 0 unspecified atom stereocenters. The lowest BCUT2D eigenvalue weighted by Crippen LogP contribution is -2.16. The van der Waals surface area contributed by atoms with Crippen molar-refractivity contribution in [2.45, 2.75) is 6.92 Å². The summed E-state index contributed by atoms with van der Waals surface area (Å²) in [4.78, 5) is 12.2. The summed E-state index contributed by atoms with van der Waals surface area (Å²) in [6.07, 6.45) is 1.49. The van der Waals surface area contributed by atoms with E-state index >= 15 is 0 Å². The number of carbonyl (C=O) groups is 1. The van der Waals surface area contributed by atoms with Crippen molar-refractivity contribution < 1.29 is 4.79 Å². The lowest BCUT2D eigenvalue weighted by molar-refractivity contribution is 0.101. The highest BCUT2D eigenvalue weighted by atomic mass is 16.2. The largest absolute Gasteiger partial charge is 0.321 e. The van der Waals surface area contributed by atoms with E-state index in [0.717, 1.165) is 11.4 Å². The van der Waals surface area contributed by atoms with Gasteiger partial charge in [0, 0.05) is 12.7 Å². The number of carbonyl (C=O) groups excluding carboxylic acids is 1. The van der Waals surface area contributed by atoms with Crippen LogP contribution in [-0.2, 0) is 7.05 Å². The van der Waals surface area contributed by atoms with Gasteiger partial charge in [-0.15, -0.1) is 5.10 Å². The molecule has 0 aliphatic rings. The standard InChI is InChI=1S/C13H13N7O/c1-9-6-12(19(2)16-9)13(21)15-10-4-3-5-11(7-10)20-8-14-17-18-20/h3-8H,1-2H3,(H,15,21). The summed E-state index contributed by atoms with van der Waals surface area (Å²) < 4.78 is 3.07. The average Bonchev–Trinajstić information content (AvgIpc) is 3.08. The maximum absolute atomic E-state index is 12.2. The van der Waals surface area contributed by atoms with Gasteiger partial charge in [-0.25, -0.2) is 4.68 Å². The van der Waals surface area contributed by atoms with E-state index in [1.165, 1.54) is 11.0 Å². The topological polar surface area (TPSA) is 90.5 Å². The summed E-state index contributed by atoms with van der Waals surface area (Å²) in [6.45, 7) is 1.84. The molecule has 0 atom stereocenters. The maximum Gasteiger partial charge on any atom is 0.273 e. The van der Waals surface area contributed by atoms with Gasteiger partial charge < -0.3 is 5.32 Å². The van der Waals surface area contributed by atoms with Crippen LogP contribution in [0, 0.1) is 6.92 Å². The highest BCUT2D eigenvalue weighted by Crippen LogP contribution is 2.14. The van der Waals surface area contributed by atoms with Gasteiger partial charge in [0.2, 0.25) is 0 Å². The van der Waals surface area contributed by atoms with Crippen molar-refractivity contribution in [2.75, 3.05) is 5.32 Å². The summed E-state index contributed by atoms with van der Waals surface area (Å²) in [5.41, 5.74) is 2.72. The molecule has 1 amide bonds. The average molecular weight is 283 g/mol. The van der Waals surface area contributed by atoms with Crippen LogP contribution in [0.4, 0.5) is 5.69 Å². The van der Waals surface area contributed by atoms with E-state index in [4.69, 9.17) is 0 Å². The number of nitrogens with zero attached hydrogens (tertiary/aromatic N) is 6. The van der Waals surface area contributed by atoms with E-state index in [1.807, 2.05) is 19.1 Å². The van der Waals surface area contributed by atoms with Gasteiger partial charge in [0.15, 0.2) is 0 Å². The molecule has 0 aliphatic carbocycles. The Hall–Kier alpha value is -3.03. The van der Waals surface area contributed by atoms with E-state index in [-0.39, 0.29) is 5.91 Å². The first kappa shape index (κ1) is 13.0. The van der Waals surface area contributed by atoms with Crippen molar-refractivity contribution in [3.63, 3.8) is 0 Å². The quantitative estimate of drug-likeness (QED) is 0.773. The number of rotatable bonds is 3. The minimum absolute atomic E-state index is 0.216. The summed E-state index contributed by atoms with van der Waals surface area (Å²) >= 11 is 0. The summed E-state index contributed by atoms with van der Waals surface area (Å²) in [5.74, 6) is -0.216. The minimum atomic E-state index is -0.216. The molecule has 21 heavy (non-hydrogen) atoms. The molecule has 8 heteroatoms. The van der Waals surface area contributed by atoms with Crippen molar-refractivity contribution in [3.8, 4) is 5.69 Å². The van der Waals surface area contributed by atoms with E-state index in [2.05, 4.69) is 25.9 Å². The van der Waals surface area contributed by atoms with Crippen molar-refractivity contribution in [2.24, 2.45) is 7.05 Å². The second-order valence-corrected chi connectivity index (χ2v) is 4.55. The number of aromatic nitrogens is 6. The molecule has 0 radical (unpaired) electrons. The van der Waals surface area contributed by atoms with Crippen LogP contribution in [0.25, 0.3) is 5.69 Å². The zero-order chi connectivity index (χ0) is 14.8. The van der Waals surface area contributed by atoms with Crippen LogP contribution in [0.5, 0.6) is 0 Å². The van der Waals surface area contributed by atoms with Crippen LogP contribution in [0.15, 0.2) is 36.7 Å². The van der Waals surface area contributed by atoms with Gasteiger partial charge >= 0.3 is 0 Å². The Morgan fingerprint density at radius 2 is 2.14 bits per heavy atom. The Morgan fingerprint density at radius 3 is 2.81 bits per heavy atom. The maximum atomic E-state index is 12.2. The minimum Gasteiger partial charge on any atom is -0.321 e. The molecule has 3 aromatic rings. The smallest absolute Gasteiger partial charge is 0.273 e. The van der Waals surface area contributed by atoms with E-state index in [1.54, 1.807) is 29.9 Å². The van der Waals surface area contributed by atoms with E-state index < -0.39 is 0 Å². The van der Waals surface area contributed by atoms with Gasteiger partial charge in [-0.3, -0.25) is 9.48 Å². The van der Waals surface area contributed by atoms with Crippen molar-refractivity contribution in [3.05, 3.63) is 48.0 Å². The van der Waals surface area contributed by atoms with Crippen LogP contribution >= 0.6 is 0 Å². The Bertz CT molecular complexity index is 776. The number of nitrogens with one attached hydrogen (secondary N) is 1. The molecular weight excluding hydrogens is 270 g/mol. The number of amides is 1. The van der Waals surface area contributed by atoms with Gasteiger partial charge in [0.1, 0.15) is 12.0 Å². The molecule has 1 N–H and O–H groups in total. The first-order chi connectivity index (χ1) is 10.1. The zero-order valence-electron chi connectivity index (χ0n) is 11.6. The molecule has 1 aromatic carbocycles. The van der Waals surface area contributed by atoms with Gasteiger partial charge in [0.05, 0.1) is 11.4 Å². The zero-order valence-corrected chi connectivity index (χ0v) is 11.6. The summed E-state index contributed by atoms with van der Waals surface area (Å²) in [5, 5.41) is 18.0. The van der Waals surface area contributed by atoms with Crippen LogP contribution in [0.2, 0.25) is 0 Å². The van der Waals surface area contributed by atoms with Crippen molar-refractivity contribution in [1.29, 1.82) is 0 Å². The summed E-state index contributed by atoms with van der Waals surface area (Å²) in [7, 11) is 1.74. The lowest BCUT2D eigenvalue weighted by Gasteiger charge is -2.07. The second-order valence-electron chi connectivity index (χ2n) is 4.55. The summed E-state index contributed by atoms with van der Waals surface area (Å²) in [6, 6.07) is 8.99. The number of anilines is 1. The molecule has 106 valence electrons. The third kappa shape index (κ3) is 2.64. The van der Waals surface area contributed by atoms with Crippen molar-refractivity contribution >= 4 is 11.6 Å². The van der Waals surface area contributed by atoms with Gasteiger partial charge in [0.25, 0.3) is 5.91 Å². The van der Waals surface area contributed by atoms with Gasteiger partial charge in [-0.05, 0) is 41.6 Å². The number of tetrazole rings is 1. The number of benzene rings is 1. The highest BCUT2D eigenvalue weighted by Gasteiger charge is 2.12. The number of hydrogen-bond donors (Lipinski definition) is 1. The molecule has 2 heterocycles. The van der Waals surface area contributed by atoms with E-state index in [0.29, 0.717) is 11.4 Å². The Labute approximate surface area is 120 Å². The molecule has 0 saturated heterocycles. The van der Waals surface area contributed by atoms with Crippen LogP contribution in [0.3, 0.4) is 0 Å². The fourth-order valence-corrected chi connectivity index (χ4v) is 2.02. The van der Waals surface area contributed by atoms with Crippen LogP contribution < -0.4 is 5.32 Å². The van der Waals surface area contributed by atoms with Gasteiger partial charge in [-0.1, -0.05) is 6.07 Å². The van der Waals surface area contributed by atoms with Crippen LogP contribution in [0.1, 0.15) is 16.2 Å². The highest BCUT2D eigenvalue weighted by molar-refractivity contribution is 6.03. The molecule has 0 aliphatic heterocycles. The predicted octanol–water partition coefficient (Wildman–Crippen LogP) is 0.957. The molecule has 0 spiro atoms. The number of aryl methyl sites for hydroxylation is 2. The lowest BCUT2D eigenvalue weighted by atomic mass is 10.2. The fourth-order valence-electron chi connectivity index (χ4n) is 2.02. The monoisotopic (exact) mass is 283 g/mol. The third-order valence-corrected chi connectivity index (χ3v) is 2.95. The fraction of sp³-hybridized carbons (Fsp3) is 0.154. The third-order valence-electron chi connectivity index (χ3n) is 2.95. The molecule has 0 bridgehead atoms. The van der Waals surface area contributed by atoms with E-state index in [9.17, 15) is 4.79 Å². The molecular formula is C13H13N7O. The molecule has 3 rings (SSSR count). The Morgan fingerprint density at radius 1 is 1.29 bits per heavy atom. The molecule has 2 aromatic heterocycles.